The minimum Gasteiger partial charge on any atom is -0.475 e. The van der Waals surface area contributed by atoms with Crippen LogP contribution in [0.1, 0.15) is 24.0 Å². The molecule has 0 aliphatic carbocycles. The monoisotopic (exact) mass is 586 g/mol. The van der Waals surface area contributed by atoms with Crippen LogP contribution >= 0.6 is 0 Å². The molecule has 0 atom stereocenters. The van der Waals surface area contributed by atoms with Crippen LogP contribution in [-0.4, -0.2) is 65.1 Å². The second kappa shape index (κ2) is 11.7. The fourth-order valence-corrected chi connectivity index (χ4v) is 5.14. The number of hydrogen-bond acceptors (Lipinski definition) is 5. The molecule has 0 unspecified atom stereocenters. The Labute approximate surface area is 244 Å². The third kappa shape index (κ3) is 6.25. The van der Waals surface area contributed by atoms with E-state index in [1.165, 1.54) is 21.9 Å². The molecule has 7 rings (SSSR count). The van der Waals surface area contributed by atoms with Crippen LogP contribution in [0, 0.1) is 0 Å². The zero-order valence-corrected chi connectivity index (χ0v) is 23.1. The number of alkyl halides is 3. The van der Waals surface area contributed by atoms with Crippen molar-refractivity contribution in [3.8, 4) is 22.5 Å². The Hall–Kier alpha value is -5.06. The summed E-state index contributed by atoms with van der Waals surface area (Å²) in [6.45, 7) is 3.77. The third-order valence-electron chi connectivity index (χ3n) is 7.34. The van der Waals surface area contributed by atoms with Crippen LogP contribution in [0.2, 0.25) is 0 Å². The first-order valence-electron chi connectivity index (χ1n) is 14.0. The molecule has 0 spiro atoms. The Morgan fingerprint density at radius 2 is 1.05 bits per heavy atom. The number of amidine groups is 2. The maximum absolute atomic E-state index is 10.6. The van der Waals surface area contributed by atoms with E-state index in [4.69, 9.17) is 9.90 Å². The highest BCUT2D eigenvalue weighted by molar-refractivity contribution is 6.03. The van der Waals surface area contributed by atoms with Crippen molar-refractivity contribution in [3.63, 3.8) is 0 Å². The minimum absolute atomic E-state index is 0.896. The lowest BCUT2D eigenvalue weighted by Gasteiger charge is -2.14. The van der Waals surface area contributed by atoms with Crippen LogP contribution in [0.25, 0.3) is 44.3 Å². The molecule has 4 heterocycles. The van der Waals surface area contributed by atoms with Gasteiger partial charge in [0.05, 0.1) is 0 Å². The third-order valence-corrected chi connectivity index (χ3v) is 7.34. The number of benzene rings is 3. The van der Waals surface area contributed by atoms with Gasteiger partial charge in [0.15, 0.2) is 0 Å². The zero-order valence-electron chi connectivity index (χ0n) is 23.1. The predicted octanol–water partition coefficient (Wildman–Crippen LogP) is 6.10. The van der Waals surface area contributed by atoms with E-state index in [1.807, 2.05) is 0 Å². The van der Waals surface area contributed by atoms with Crippen LogP contribution in [0.3, 0.4) is 0 Å². The van der Waals surface area contributed by atoms with Gasteiger partial charge >= 0.3 is 12.1 Å². The maximum Gasteiger partial charge on any atom is 0.490 e. The number of carbonyl (C=O) groups is 1. The first kappa shape index (κ1) is 28.1. The SMILES string of the molecule is O=C(O)C(F)(F)F.c1cc2cc(-c3ccc(-c4cc5ccc(C6=NCCCN6)cc5[nH]4)cc3)[nH]c2cc1C1=NCCCN1. The Kier molecular flexibility index (Phi) is 7.62. The van der Waals surface area contributed by atoms with Crippen molar-refractivity contribution in [1.29, 1.82) is 0 Å². The molecule has 220 valence electrons. The van der Waals surface area contributed by atoms with Gasteiger partial charge in [-0.3, -0.25) is 9.98 Å². The molecule has 5 aromatic rings. The Balaban J connectivity index is 0.000000423. The number of H-pyrrole nitrogens is 2. The largest absolute Gasteiger partial charge is 0.490 e. The van der Waals surface area contributed by atoms with Crippen molar-refractivity contribution in [2.45, 2.75) is 19.0 Å². The van der Waals surface area contributed by atoms with E-state index in [1.54, 1.807) is 0 Å². The van der Waals surface area contributed by atoms with Crippen molar-refractivity contribution in [3.05, 3.63) is 83.9 Å². The quantitative estimate of drug-likeness (QED) is 0.175. The van der Waals surface area contributed by atoms with Gasteiger partial charge in [-0.2, -0.15) is 13.2 Å². The number of carboxylic acids is 1. The topological polar surface area (TPSA) is 118 Å². The molecule has 3 aromatic carbocycles. The van der Waals surface area contributed by atoms with Crippen molar-refractivity contribution in [2.24, 2.45) is 9.98 Å². The number of hydrogen-bond donors (Lipinski definition) is 5. The Bertz CT molecular complexity index is 1730. The Morgan fingerprint density at radius 3 is 1.40 bits per heavy atom. The van der Waals surface area contributed by atoms with Crippen LogP contribution < -0.4 is 10.6 Å². The van der Waals surface area contributed by atoms with Gasteiger partial charge in [-0.05, 0) is 48.2 Å². The number of halogens is 3. The molecule has 11 heteroatoms. The summed E-state index contributed by atoms with van der Waals surface area (Å²) in [5.74, 6) is -0.762. The smallest absolute Gasteiger partial charge is 0.475 e. The first-order valence-corrected chi connectivity index (χ1v) is 14.0. The molecule has 2 aliphatic heterocycles. The number of carboxylic acid groups (broad SMARTS) is 1. The van der Waals surface area contributed by atoms with Gasteiger partial charge in [0.2, 0.25) is 0 Å². The summed E-state index contributed by atoms with van der Waals surface area (Å²) in [6.07, 6.45) is -2.89. The standard InChI is InChI=1S/C30H28N6.C2HF3O2/c1-11-31-29(32-12-1)23-9-7-21-15-25(35-27(21)17-23)19-3-5-20(6-4-19)26-16-22-8-10-24(18-28(22)36-26)30-33-13-2-14-34-30;3-2(4,5)1(6)7/h3-10,15-18,35-36H,1-2,11-14H2,(H,31,32)(H,33,34);(H,6,7). The molecule has 43 heavy (non-hydrogen) atoms. The number of nitrogens with one attached hydrogen (secondary N) is 4. The average molecular weight is 587 g/mol. The maximum atomic E-state index is 10.6. The van der Waals surface area contributed by atoms with Gasteiger partial charge < -0.3 is 25.7 Å². The van der Waals surface area contributed by atoms with Gasteiger partial charge in [0.25, 0.3) is 0 Å². The highest BCUT2D eigenvalue weighted by atomic mass is 19.4. The number of aliphatic carboxylic acids is 1. The van der Waals surface area contributed by atoms with E-state index >= 15 is 0 Å². The van der Waals surface area contributed by atoms with Crippen molar-refractivity contribution in [2.75, 3.05) is 26.2 Å². The van der Waals surface area contributed by atoms with Crippen molar-refractivity contribution in [1.82, 2.24) is 20.6 Å². The van der Waals surface area contributed by atoms with E-state index in [2.05, 4.69) is 103 Å². The van der Waals surface area contributed by atoms with Gasteiger partial charge in [0.1, 0.15) is 11.7 Å². The molecule has 5 N–H and O–H groups in total. The lowest BCUT2D eigenvalue weighted by atomic mass is 10.1. The summed E-state index contributed by atoms with van der Waals surface area (Å²) in [6, 6.07) is 26.2. The molecule has 2 aromatic heterocycles. The molecule has 2 aliphatic rings. The molecule has 0 saturated heterocycles. The number of aliphatic imine (C=N–C) groups is 2. The van der Waals surface area contributed by atoms with E-state index in [0.717, 1.165) is 84.2 Å². The molecule has 0 fully saturated rings. The summed E-state index contributed by atoms with van der Waals surface area (Å²) in [5, 5.41) is 16.4. The molecule has 8 nitrogen and oxygen atoms in total. The normalized spacial score (nSPS) is 15.1. The van der Waals surface area contributed by atoms with Gasteiger partial charge in [-0.15, -0.1) is 0 Å². The number of aromatic nitrogens is 2. The molecular weight excluding hydrogens is 557 g/mol. The fraction of sp³-hybridized carbons (Fsp3) is 0.219. The molecule has 0 bridgehead atoms. The summed E-state index contributed by atoms with van der Waals surface area (Å²) in [5.41, 5.74) is 9.12. The summed E-state index contributed by atoms with van der Waals surface area (Å²) in [7, 11) is 0. The van der Waals surface area contributed by atoms with Gasteiger partial charge in [-0.25, -0.2) is 4.79 Å². The van der Waals surface area contributed by atoms with Crippen LogP contribution in [-0.2, 0) is 4.79 Å². The molecule has 0 saturated carbocycles. The predicted molar refractivity (Wildman–Crippen MR) is 163 cm³/mol. The van der Waals surface area contributed by atoms with E-state index in [9.17, 15) is 13.2 Å². The van der Waals surface area contributed by atoms with E-state index in [0.29, 0.717) is 0 Å². The minimum atomic E-state index is -5.08. The van der Waals surface area contributed by atoms with Crippen molar-refractivity contribution < 1.29 is 23.1 Å². The first-order chi connectivity index (χ1) is 20.7. The fourth-order valence-electron chi connectivity index (χ4n) is 5.14. The Morgan fingerprint density at radius 1 is 0.651 bits per heavy atom. The lowest BCUT2D eigenvalue weighted by Crippen LogP contribution is -2.30. The summed E-state index contributed by atoms with van der Waals surface area (Å²) < 4.78 is 31.7. The number of nitrogens with zero attached hydrogens (tertiary/aromatic N) is 2. The van der Waals surface area contributed by atoms with Crippen LogP contribution in [0.15, 0.2) is 82.8 Å². The molecular formula is C32H29F3N6O2. The highest BCUT2D eigenvalue weighted by Crippen LogP contribution is 2.29. The number of rotatable bonds is 4. The van der Waals surface area contributed by atoms with Gasteiger partial charge in [-0.1, -0.05) is 48.5 Å². The van der Waals surface area contributed by atoms with Crippen LogP contribution in [0.5, 0.6) is 0 Å². The second-order valence-electron chi connectivity index (χ2n) is 10.4. The zero-order chi connectivity index (χ0) is 30.0. The second-order valence-corrected chi connectivity index (χ2v) is 10.4. The lowest BCUT2D eigenvalue weighted by molar-refractivity contribution is -0.192. The molecule has 0 radical (unpaired) electrons. The van der Waals surface area contributed by atoms with E-state index in [-0.39, 0.29) is 0 Å². The summed E-state index contributed by atoms with van der Waals surface area (Å²) >= 11 is 0. The van der Waals surface area contributed by atoms with E-state index < -0.39 is 12.1 Å². The highest BCUT2D eigenvalue weighted by Gasteiger charge is 2.38. The summed E-state index contributed by atoms with van der Waals surface area (Å²) in [4.78, 5) is 25.4. The number of aromatic amines is 2. The average Bonchev–Trinajstić information content (AvgIpc) is 3.66. The molecule has 0 amide bonds. The van der Waals surface area contributed by atoms with Gasteiger partial charge in [0, 0.05) is 70.5 Å². The number of fused-ring (bicyclic) bond motifs is 2. The van der Waals surface area contributed by atoms with Crippen molar-refractivity contribution >= 4 is 39.4 Å². The van der Waals surface area contributed by atoms with Crippen LogP contribution in [0.4, 0.5) is 13.2 Å².